The molecule has 0 fully saturated rings. The molecule has 1 aromatic heterocycles. The van der Waals surface area contributed by atoms with Crippen LogP contribution in [0.2, 0.25) is 0 Å². The lowest BCUT2D eigenvalue weighted by atomic mass is 9.96. The molecule has 2 heterocycles. The Morgan fingerprint density at radius 3 is 2.67 bits per heavy atom. The van der Waals surface area contributed by atoms with Crippen LogP contribution in [-0.4, -0.2) is 38.5 Å². The Balaban J connectivity index is 2.14. The zero-order valence-electron chi connectivity index (χ0n) is 14.7. The fourth-order valence-electron chi connectivity index (χ4n) is 2.88. The van der Waals surface area contributed by atoms with Gasteiger partial charge in [-0.2, -0.15) is 5.10 Å². The lowest BCUT2D eigenvalue weighted by molar-refractivity contribution is -0.139. The van der Waals surface area contributed by atoms with E-state index in [-0.39, 0.29) is 23.0 Å². The van der Waals surface area contributed by atoms with Crippen molar-refractivity contribution in [2.24, 2.45) is 0 Å². The number of carbonyl (C=O) groups is 2. The maximum absolute atomic E-state index is 12.5. The second-order valence-electron chi connectivity index (χ2n) is 5.81. The highest BCUT2D eigenvalue weighted by atomic mass is 32.1. The number of rotatable bonds is 5. The molecule has 140 valence electrons. The number of para-hydroxylation sites is 1. The molecule has 0 spiro atoms. The van der Waals surface area contributed by atoms with Crippen molar-refractivity contribution >= 4 is 29.3 Å². The molecule has 0 saturated carbocycles. The van der Waals surface area contributed by atoms with E-state index < -0.39 is 18.0 Å². The molecular formula is C18H18N4O4S. The van der Waals surface area contributed by atoms with E-state index in [9.17, 15) is 14.7 Å². The molecule has 8 nitrogen and oxygen atoms in total. The first-order chi connectivity index (χ1) is 12.9. The van der Waals surface area contributed by atoms with Gasteiger partial charge in [-0.25, -0.2) is 14.3 Å². The summed E-state index contributed by atoms with van der Waals surface area (Å²) in [4.78, 5) is 24.3. The maximum Gasteiger partial charge on any atom is 0.356 e. The van der Waals surface area contributed by atoms with Crippen molar-refractivity contribution < 1.29 is 19.4 Å². The van der Waals surface area contributed by atoms with Crippen LogP contribution < -0.4 is 10.6 Å². The fourth-order valence-corrected chi connectivity index (χ4v) is 3.16. The molecule has 0 saturated heterocycles. The van der Waals surface area contributed by atoms with Gasteiger partial charge >= 0.3 is 11.9 Å². The molecule has 2 aromatic rings. The monoisotopic (exact) mass is 386 g/mol. The Morgan fingerprint density at radius 1 is 1.33 bits per heavy atom. The number of hydrogen-bond donors (Lipinski definition) is 3. The molecule has 27 heavy (non-hydrogen) atoms. The highest BCUT2D eigenvalue weighted by Gasteiger charge is 2.35. The first-order valence-electron chi connectivity index (χ1n) is 8.26. The number of carboxylic acid groups (broad SMARTS) is 1. The number of carbonyl (C=O) groups excluding carboxylic acids is 1. The first kappa shape index (κ1) is 18.6. The molecule has 0 aliphatic carbocycles. The van der Waals surface area contributed by atoms with Gasteiger partial charge in [0.2, 0.25) is 0 Å². The van der Waals surface area contributed by atoms with Crippen LogP contribution in [0.15, 0.2) is 47.8 Å². The average Bonchev–Trinajstić information content (AvgIpc) is 3.07. The number of benzene rings is 1. The lowest BCUT2D eigenvalue weighted by Crippen LogP contribution is -2.45. The number of aromatic nitrogens is 2. The van der Waals surface area contributed by atoms with Gasteiger partial charge in [0.15, 0.2) is 10.8 Å². The highest BCUT2D eigenvalue weighted by molar-refractivity contribution is 7.80. The van der Waals surface area contributed by atoms with E-state index in [1.807, 2.05) is 18.2 Å². The Labute approximate surface area is 160 Å². The number of carboxylic acids is 1. The third-order valence-electron chi connectivity index (χ3n) is 4.04. The number of nitrogens with one attached hydrogen (secondary N) is 2. The summed E-state index contributed by atoms with van der Waals surface area (Å²) in [6, 6.07) is 8.31. The number of hydrogen-bond acceptors (Lipinski definition) is 5. The number of ether oxygens (including phenoxy) is 1. The van der Waals surface area contributed by atoms with Gasteiger partial charge in [0.05, 0.1) is 23.9 Å². The minimum Gasteiger partial charge on any atom is -0.476 e. The third-order valence-corrected chi connectivity index (χ3v) is 4.26. The second kappa shape index (κ2) is 7.58. The Kier molecular flexibility index (Phi) is 5.22. The van der Waals surface area contributed by atoms with E-state index in [0.29, 0.717) is 16.9 Å². The highest BCUT2D eigenvalue weighted by Crippen LogP contribution is 2.30. The van der Waals surface area contributed by atoms with Gasteiger partial charge in [0, 0.05) is 17.5 Å². The summed E-state index contributed by atoms with van der Waals surface area (Å²) in [5.74, 6) is -1.75. The number of allylic oxidation sites excluding steroid dienone is 1. The predicted octanol–water partition coefficient (Wildman–Crippen LogP) is 1.93. The molecule has 1 aliphatic rings. The van der Waals surface area contributed by atoms with Crippen LogP contribution >= 0.6 is 12.2 Å². The lowest BCUT2D eigenvalue weighted by Gasteiger charge is -2.29. The van der Waals surface area contributed by atoms with Gasteiger partial charge in [0.1, 0.15) is 0 Å². The van der Waals surface area contributed by atoms with Crippen molar-refractivity contribution in [1.29, 1.82) is 0 Å². The van der Waals surface area contributed by atoms with Crippen LogP contribution in [0.4, 0.5) is 0 Å². The molecule has 1 aliphatic heterocycles. The summed E-state index contributed by atoms with van der Waals surface area (Å²) >= 11 is 5.19. The zero-order chi connectivity index (χ0) is 19.6. The van der Waals surface area contributed by atoms with E-state index in [4.69, 9.17) is 17.0 Å². The first-order valence-corrected chi connectivity index (χ1v) is 8.66. The number of thiocarbonyl (C=S) groups is 1. The van der Waals surface area contributed by atoms with E-state index in [2.05, 4.69) is 15.7 Å². The van der Waals surface area contributed by atoms with Crippen LogP contribution in [-0.2, 0) is 9.53 Å². The summed E-state index contributed by atoms with van der Waals surface area (Å²) in [7, 11) is 0. The number of aromatic carboxylic acids is 1. The SMILES string of the molecule is CCOC(=O)C1=C(C)NC(=S)NC1c1cn(-c2ccccc2)nc1C(=O)O. The van der Waals surface area contributed by atoms with E-state index in [1.54, 1.807) is 32.2 Å². The Hall–Kier alpha value is -3.20. The molecule has 3 N–H and O–H groups in total. The van der Waals surface area contributed by atoms with Crippen LogP contribution in [0.25, 0.3) is 5.69 Å². The molecule has 3 rings (SSSR count). The molecule has 0 radical (unpaired) electrons. The zero-order valence-corrected chi connectivity index (χ0v) is 15.5. The molecule has 1 aromatic carbocycles. The molecule has 1 unspecified atom stereocenters. The normalized spacial score (nSPS) is 16.5. The van der Waals surface area contributed by atoms with Gasteiger partial charge in [0.25, 0.3) is 0 Å². The largest absolute Gasteiger partial charge is 0.476 e. The molecule has 0 amide bonds. The Morgan fingerprint density at radius 2 is 2.04 bits per heavy atom. The summed E-state index contributed by atoms with van der Waals surface area (Å²) in [6.07, 6.45) is 1.58. The van der Waals surface area contributed by atoms with Gasteiger partial charge in [-0.05, 0) is 38.2 Å². The second-order valence-corrected chi connectivity index (χ2v) is 6.22. The average molecular weight is 386 g/mol. The molecule has 1 atom stereocenters. The van der Waals surface area contributed by atoms with Crippen LogP contribution in [0.5, 0.6) is 0 Å². The smallest absolute Gasteiger partial charge is 0.356 e. The van der Waals surface area contributed by atoms with E-state index >= 15 is 0 Å². The van der Waals surface area contributed by atoms with Crippen molar-refractivity contribution in [1.82, 2.24) is 20.4 Å². The van der Waals surface area contributed by atoms with Gasteiger partial charge in [-0.1, -0.05) is 18.2 Å². The van der Waals surface area contributed by atoms with Crippen LogP contribution in [0.3, 0.4) is 0 Å². The van der Waals surface area contributed by atoms with E-state index in [1.165, 1.54) is 4.68 Å². The minimum atomic E-state index is -1.20. The van der Waals surface area contributed by atoms with Gasteiger partial charge in [-0.15, -0.1) is 0 Å². The van der Waals surface area contributed by atoms with Gasteiger partial charge in [-0.3, -0.25) is 0 Å². The van der Waals surface area contributed by atoms with Gasteiger partial charge < -0.3 is 20.5 Å². The fraction of sp³-hybridized carbons (Fsp3) is 0.222. The number of nitrogens with zero attached hydrogens (tertiary/aromatic N) is 2. The summed E-state index contributed by atoms with van der Waals surface area (Å²) in [6.45, 7) is 3.59. The predicted molar refractivity (Wildman–Crippen MR) is 101 cm³/mol. The standard InChI is InChI=1S/C18H18N4O4S/c1-3-26-17(25)13-10(2)19-18(27)20-14(13)12-9-22(21-15(12)16(23)24)11-7-5-4-6-8-11/h4-9,14H,3H2,1-2H3,(H,23,24)(H2,19,20,27). The summed E-state index contributed by atoms with van der Waals surface area (Å²) < 4.78 is 6.60. The molecule has 0 bridgehead atoms. The van der Waals surface area contributed by atoms with Crippen LogP contribution in [0.1, 0.15) is 35.9 Å². The van der Waals surface area contributed by atoms with Crippen molar-refractivity contribution in [2.75, 3.05) is 6.61 Å². The van der Waals surface area contributed by atoms with Crippen molar-refractivity contribution in [3.8, 4) is 5.69 Å². The topological polar surface area (TPSA) is 105 Å². The quantitative estimate of drug-likeness (QED) is 0.529. The Bertz CT molecular complexity index is 936. The summed E-state index contributed by atoms with van der Waals surface area (Å²) in [5.41, 5.74) is 1.61. The number of esters is 1. The van der Waals surface area contributed by atoms with Crippen molar-refractivity contribution in [2.45, 2.75) is 19.9 Å². The molecular weight excluding hydrogens is 368 g/mol. The van der Waals surface area contributed by atoms with E-state index in [0.717, 1.165) is 0 Å². The molecule has 9 heteroatoms. The maximum atomic E-state index is 12.5. The van der Waals surface area contributed by atoms with Crippen molar-refractivity contribution in [3.63, 3.8) is 0 Å². The van der Waals surface area contributed by atoms with Crippen molar-refractivity contribution in [3.05, 3.63) is 59.1 Å². The van der Waals surface area contributed by atoms with Crippen LogP contribution in [0, 0.1) is 0 Å². The summed E-state index contributed by atoms with van der Waals surface area (Å²) in [5, 5.41) is 19.9. The third kappa shape index (κ3) is 3.68. The minimum absolute atomic E-state index is 0.171.